The van der Waals surface area contributed by atoms with Gasteiger partial charge in [-0.05, 0) is 32.2 Å². The van der Waals surface area contributed by atoms with E-state index in [1.165, 1.54) is 0 Å². The van der Waals surface area contributed by atoms with Crippen molar-refractivity contribution in [3.63, 3.8) is 0 Å². The zero-order valence-corrected chi connectivity index (χ0v) is 10.7. The Kier molecular flexibility index (Phi) is 3.24. The smallest absolute Gasteiger partial charge is 0.240 e. The Morgan fingerprint density at radius 1 is 1.22 bits per heavy atom. The van der Waals surface area contributed by atoms with E-state index in [0.717, 1.165) is 45.2 Å². The van der Waals surface area contributed by atoms with Crippen LogP contribution < -0.4 is 10.6 Å². The molecule has 3 heterocycles. The van der Waals surface area contributed by atoms with Crippen LogP contribution in [0.25, 0.3) is 0 Å². The number of amides is 2. The first-order valence-corrected chi connectivity index (χ1v) is 7.09. The Bertz CT molecular complexity index is 352. The lowest BCUT2D eigenvalue weighted by molar-refractivity contribution is -0.139. The largest absolute Gasteiger partial charge is 0.354 e. The molecule has 3 aliphatic heterocycles. The standard InChI is InChI=1S/C13H21N3O2/c17-12-9-4-3-7-16(11(9)8-15-12)13(18)10-5-1-2-6-14-10/h9-11,14H,1-8H2,(H,15,17)/t9?,10-,11?/m0/s1. The van der Waals surface area contributed by atoms with Crippen LogP contribution in [0.1, 0.15) is 32.1 Å². The van der Waals surface area contributed by atoms with Crippen molar-refractivity contribution in [2.75, 3.05) is 19.6 Å². The summed E-state index contributed by atoms with van der Waals surface area (Å²) in [5, 5.41) is 6.21. The highest BCUT2D eigenvalue weighted by Crippen LogP contribution is 2.28. The fourth-order valence-corrected chi connectivity index (χ4v) is 3.49. The van der Waals surface area contributed by atoms with E-state index < -0.39 is 0 Å². The Hall–Kier alpha value is -1.10. The van der Waals surface area contributed by atoms with E-state index in [4.69, 9.17) is 0 Å². The van der Waals surface area contributed by atoms with Crippen LogP contribution in [0.15, 0.2) is 0 Å². The molecule has 0 bridgehead atoms. The third-order valence-electron chi connectivity index (χ3n) is 4.49. The van der Waals surface area contributed by atoms with Crippen LogP contribution in [0.2, 0.25) is 0 Å². The van der Waals surface area contributed by atoms with Gasteiger partial charge >= 0.3 is 0 Å². The van der Waals surface area contributed by atoms with Crippen LogP contribution in [0.3, 0.4) is 0 Å². The second kappa shape index (κ2) is 4.88. The minimum Gasteiger partial charge on any atom is -0.354 e. The molecule has 3 aliphatic rings. The van der Waals surface area contributed by atoms with E-state index in [2.05, 4.69) is 10.6 Å². The van der Waals surface area contributed by atoms with Gasteiger partial charge in [-0.2, -0.15) is 0 Å². The zero-order valence-electron chi connectivity index (χ0n) is 10.7. The maximum absolute atomic E-state index is 12.5. The van der Waals surface area contributed by atoms with Crippen molar-refractivity contribution < 1.29 is 9.59 Å². The molecule has 2 unspecified atom stereocenters. The van der Waals surface area contributed by atoms with Crippen LogP contribution in [0.4, 0.5) is 0 Å². The lowest BCUT2D eigenvalue weighted by Crippen LogP contribution is -2.55. The van der Waals surface area contributed by atoms with Gasteiger partial charge in [-0.25, -0.2) is 0 Å². The molecule has 3 saturated heterocycles. The zero-order chi connectivity index (χ0) is 12.5. The quantitative estimate of drug-likeness (QED) is 0.682. The average Bonchev–Trinajstić information content (AvgIpc) is 2.81. The molecule has 0 aromatic carbocycles. The van der Waals surface area contributed by atoms with Crippen molar-refractivity contribution in [1.82, 2.24) is 15.5 Å². The molecule has 3 fully saturated rings. The molecule has 3 rings (SSSR count). The molecular formula is C13H21N3O2. The Morgan fingerprint density at radius 2 is 2.11 bits per heavy atom. The summed E-state index contributed by atoms with van der Waals surface area (Å²) in [7, 11) is 0. The van der Waals surface area contributed by atoms with Crippen molar-refractivity contribution >= 4 is 11.8 Å². The fraction of sp³-hybridized carbons (Fsp3) is 0.846. The van der Waals surface area contributed by atoms with Crippen molar-refractivity contribution in [1.29, 1.82) is 0 Å². The van der Waals surface area contributed by atoms with E-state index in [0.29, 0.717) is 6.54 Å². The molecule has 18 heavy (non-hydrogen) atoms. The van der Waals surface area contributed by atoms with Gasteiger partial charge < -0.3 is 15.5 Å². The Labute approximate surface area is 107 Å². The summed E-state index contributed by atoms with van der Waals surface area (Å²) < 4.78 is 0. The summed E-state index contributed by atoms with van der Waals surface area (Å²) in [4.78, 5) is 26.2. The van der Waals surface area contributed by atoms with E-state index in [9.17, 15) is 9.59 Å². The first-order valence-electron chi connectivity index (χ1n) is 7.09. The van der Waals surface area contributed by atoms with Gasteiger partial charge in [0.2, 0.25) is 11.8 Å². The van der Waals surface area contributed by atoms with Gasteiger partial charge in [0.25, 0.3) is 0 Å². The van der Waals surface area contributed by atoms with Crippen molar-refractivity contribution in [3.8, 4) is 0 Å². The molecule has 100 valence electrons. The molecule has 5 nitrogen and oxygen atoms in total. The minimum atomic E-state index is -0.0202. The van der Waals surface area contributed by atoms with Crippen LogP contribution in [0.5, 0.6) is 0 Å². The summed E-state index contributed by atoms with van der Waals surface area (Å²) in [6.45, 7) is 2.39. The summed E-state index contributed by atoms with van der Waals surface area (Å²) in [5.74, 6) is 0.376. The number of likely N-dealkylation sites (tertiary alicyclic amines) is 1. The van der Waals surface area contributed by atoms with Crippen molar-refractivity contribution in [2.45, 2.75) is 44.2 Å². The number of piperidine rings is 2. The number of hydrogen-bond acceptors (Lipinski definition) is 3. The third-order valence-corrected chi connectivity index (χ3v) is 4.49. The van der Waals surface area contributed by atoms with Crippen LogP contribution in [-0.4, -0.2) is 48.4 Å². The molecule has 0 radical (unpaired) electrons. The van der Waals surface area contributed by atoms with Gasteiger partial charge in [0.1, 0.15) is 0 Å². The molecule has 2 amide bonds. The van der Waals surface area contributed by atoms with Crippen molar-refractivity contribution in [2.24, 2.45) is 5.92 Å². The van der Waals surface area contributed by atoms with Gasteiger partial charge in [-0.1, -0.05) is 6.42 Å². The van der Waals surface area contributed by atoms with Gasteiger partial charge in [0.15, 0.2) is 0 Å². The monoisotopic (exact) mass is 251 g/mol. The molecule has 0 aromatic heterocycles. The number of rotatable bonds is 1. The van der Waals surface area contributed by atoms with E-state index in [1.807, 2.05) is 4.90 Å². The van der Waals surface area contributed by atoms with Crippen molar-refractivity contribution in [3.05, 3.63) is 0 Å². The summed E-state index contributed by atoms with van der Waals surface area (Å²) in [6, 6.07) is 0.0793. The maximum atomic E-state index is 12.5. The highest BCUT2D eigenvalue weighted by atomic mass is 16.2. The molecule has 0 saturated carbocycles. The number of carbonyl (C=O) groups is 2. The van der Waals surface area contributed by atoms with Gasteiger partial charge in [0.05, 0.1) is 18.0 Å². The summed E-state index contributed by atoms with van der Waals surface area (Å²) in [5.41, 5.74) is 0. The predicted octanol–water partition coefficient (Wildman–Crippen LogP) is -0.134. The molecule has 5 heteroatoms. The van der Waals surface area contributed by atoms with Crippen LogP contribution in [-0.2, 0) is 9.59 Å². The Morgan fingerprint density at radius 3 is 2.89 bits per heavy atom. The first-order chi connectivity index (χ1) is 8.77. The van der Waals surface area contributed by atoms with Gasteiger partial charge in [-0.15, -0.1) is 0 Å². The molecule has 3 atom stereocenters. The number of nitrogens with zero attached hydrogens (tertiary/aromatic N) is 1. The fourth-order valence-electron chi connectivity index (χ4n) is 3.49. The molecule has 2 N–H and O–H groups in total. The van der Waals surface area contributed by atoms with Gasteiger partial charge in [0, 0.05) is 13.1 Å². The highest BCUT2D eigenvalue weighted by Gasteiger charge is 2.43. The maximum Gasteiger partial charge on any atom is 0.240 e. The first kappa shape index (κ1) is 12.0. The number of nitrogens with one attached hydrogen (secondary N) is 2. The highest BCUT2D eigenvalue weighted by molar-refractivity contribution is 5.86. The predicted molar refractivity (Wildman–Crippen MR) is 66.9 cm³/mol. The lowest BCUT2D eigenvalue weighted by atomic mass is 9.90. The molecule has 0 spiro atoms. The summed E-state index contributed by atoms with van der Waals surface area (Å²) >= 11 is 0. The van der Waals surface area contributed by atoms with E-state index in [-0.39, 0.29) is 29.8 Å². The van der Waals surface area contributed by atoms with Crippen LogP contribution in [0, 0.1) is 5.92 Å². The topological polar surface area (TPSA) is 61.4 Å². The third kappa shape index (κ3) is 2.00. The van der Waals surface area contributed by atoms with Crippen LogP contribution >= 0.6 is 0 Å². The average molecular weight is 251 g/mol. The molecule has 0 aliphatic carbocycles. The Balaban J connectivity index is 1.70. The second-order valence-corrected chi connectivity index (χ2v) is 5.60. The van der Waals surface area contributed by atoms with E-state index >= 15 is 0 Å². The minimum absolute atomic E-state index is 0.0202. The second-order valence-electron chi connectivity index (χ2n) is 5.60. The van der Waals surface area contributed by atoms with Gasteiger partial charge in [-0.3, -0.25) is 9.59 Å². The number of carbonyl (C=O) groups excluding carboxylic acids is 2. The van der Waals surface area contributed by atoms with E-state index in [1.54, 1.807) is 0 Å². The number of hydrogen-bond donors (Lipinski definition) is 2. The SMILES string of the molecule is O=C1NCC2C1CCCN2C(=O)[C@@H]1CCCCN1. The molecule has 0 aromatic rings. The number of fused-ring (bicyclic) bond motifs is 1. The molecular weight excluding hydrogens is 230 g/mol. The summed E-state index contributed by atoms with van der Waals surface area (Å²) in [6.07, 6.45) is 5.11. The normalized spacial score (nSPS) is 36.1. The lowest BCUT2D eigenvalue weighted by Gasteiger charge is -2.38.